The van der Waals surface area contributed by atoms with E-state index in [1.54, 1.807) is 11.8 Å². The monoisotopic (exact) mass is 273 g/mol. The average molecular weight is 273 g/mol. The van der Waals surface area contributed by atoms with Gasteiger partial charge in [-0.05, 0) is 49.4 Å². The summed E-state index contributed by atoms with van der Waals surface area (Å²) in [4.78, 5) is 1.14. The second kappa shape index (κ2) is 6.64. The number of hydrogen-bond acceptors (Lipinski definition) is 3. The van der Waals surface area contributed by atoms with E-state index in [1.807, 2.05) is 37.3 Å². The smallest absolute Gasteiger partial charge is 0.140 e. The lowest BCUT2D eigenvalue weighted by Gasteiger charge is -2.11. The summed E-state index contributed by atoms with van der Waals surface area (Å²) < 4.78 is 5.96. The first-order valence-corrected chi connectivity index (χ1v) is 7.57. The normalized spacial score (nSPS) is 12.2. The predicted molar refractivity (Wildman–Crippen MR) is 82.1 cm³/mol. The molecule has 0 saturated carbocycles. The maximum Gasteiger partial charge on any atom is 0.140 e. The van der Waals surface area contributed by atoms with Crippen LogP contribution in [0.5, 0.6) is 11.5 Å². The lowest BCUT2D eigenvalue weighted by atomic mass is 10.1. The van der Waals surface area contributed by atoms with E-state index in [9.17, 15) is 0 Å². The summed E-state index contributed by atoms with van der Waals surface area (Å²) in [5.41, 5.74) is 7.03. The van der Waals surface area contributed by atoms with Crippen molar-refractivity contribution in [2.75, 3.05) is 6.26 Å². The number of hydrogen-bond donors (Lipinski definition) is 1. The fraction of sp³-hybridized carbons (Fsp3) is 0.250. The van der Waals surface area contributed by atoms with Gasteiger partial charge in [-0.25, -0.2) is 0 Å². The molecule has 0 saturated heterocycles. The van der Waals surface area contributed by atoms with E-state index < -0.39 is 0 Å². The summed E-state index contributed by atoms with van der Waals surface area (Å²) in [5, 5.41) is 0. The van der Waals surface area contributed by atoms with Crippen LogP contribution in [0.15, 0.2) is 53.4 Å². The van der Waals surface area contributed by atoms with E-state index >= 15 is 0 Å². The highest BCUT2D eigenvalue weighted by Crippen LogP contribution is 2.31. The van der Waals surface area contributed by atoms with E-state index in [0.717, 1.165) is 22.8 Å². The summed E-state index contributed by atoms with van der Waals surface area (Å²) in [6, 6.07) is 16.3. The first kappa shape index (κ1) is 14.0. The minimum absolute atomic E-state index is 0.161. The van der Waals surface area contributed by atoms with Crippen LogP contribution in [0.3, 0.4) is 0 Å². The van der Waals surface area contributed by atoms with Crippen LogP contribution in [-0.4, -0.2) is 12.3 Å². The molecule has 0 aromatic heterocycles. The van der Waals surface area contributed by atoms with Crippen LogP contribution in [0.2, 0.25) is 0 Å². The first-order valence-electron chi connectivity index (χ1n) is 6.34. The Kier molecular flexibility index (Phi) is 4.88. The Hall–Kier alpha value is -1.45. The van der Waals surface area contributed by atoms with Crippen LogP contribution in [0.25, 0.3) is 0 Å². The predicted octanol–water partition coefficient (Wildman–Crippen LogP) is 4.09. The minimum Gasteiger partial charge on any atom is -0.456 e. The minimum atomic E-state index is 0.161. The van der Waals surface area contributed by atoms with Crippen LogP contribution in [0.4, 0.5) is 0 Å². The van der Waals surface area contributed by atoms with Crippen molar-refractivity contribution in [3.8, 4) is 11.5 Å². The summed E-state index contributed by atoms with van der Waals surface area (Å²) >= 11 is 1.68. The van der Waals surface area contributed by atoms with Crippen LogP contribution >= 0.6 is 11.8 Å². The summed E-state index contributed by atoms with van der Waals surface area (Å²) in [5.74, 6) is 1.76. The molecule has 2 aromatic carbocycles. The molecule has 19 heavy (non-hydrogen) atoms. The van der Waals surface area contributed by atoms with E-state index in [4.69, 9.17) is 10.5 Å². The molecule has 1 atom stereocenters. The molecule has 0 fully saturated rings. The maximum absolute atomic E-state index is 5.96. The third-order valence-corrected chi connectivity index (χ3v) is 3.53. The van der Waals surface area contributed by atoms with Crippen molar-refractivity contribution in [3.05, 3.63) is 54.1 Å². The van der Waals surface area contributed by atoms with Gasteiger partial charge in [0.2, 0.25) is 0 Å². The van der Waals surface area contributed by atoms with Crippen molar-refractivity contribution in [1.82, 2.24) is 0 Å². The Morgan fingerprint density at radius 2 is 1.95 bits per heavy atom. The van der Waals surface area contributed by atoms with Gasteiger partial charge in [-0.3, -0.25) is 0 Å². The molecule has 0 radical (unpaired) electrons. The summed E-state index contributed by atoms with van der Waals surface area (Å²) in [6.07, 6.45) is 2.91. The third-order valence-electron chi connectivity index (χ3n) is 2.75. The zero-order valence-electron chi connectivity index (χ0n) is 11.3. The molecule has 0 bridgehead atoms. The number of para-hydroxylation sites is 1. The molecule has 100 valence electrons. The number of benzene rings is 2. The molecule has 0 aliphatic rings. The zero-order chi connectivity index (χ0) is 13.7. The van der Waals surface area contributed by atoms with Crippen molar-refractivity contribution >= 4 is 11.8 Å². The van der Waals surface area contributed by atoms with E-state index in [-0.39, 0.29) is 6.04 Å². The lowest BCUT2D eigenvalue weighted by molar-refractivity contribution is 0.470. The molecule has 0 aliphatic carbocycles. The standard InChI is InChI=1S/C16H19NOS/c1-12(17)10-13-6-5-7-14(11-13)18-15-8-3-4-9-16(15)19-2/h3-9,11-12H,10,17H2,1-2H3. The largest absolute Gasteiger partial charge is 0.456 e. The Morgan fingerprint density at radius 3 is 2.68 bits per heavy atom. The molecule has 3 heteroatoms. The van der Waals surface area contributed by atoms with Gasteiger partial charge in [0.25, 0.3) is 0 Å². The summed E-state index contributed by atoms with van der Waals surface area (Å²) in [7, 11) is 0. The van der Waals surface area contributed by atoms with E-state index in [0.29, 0.717) is 0 Å². The van der Waals surface area contributed by atoms with Gasteiger partial charge in [-0.15, -0.1) is 11.8 Å². The molecule has 2 nitrogen and oxygen atoms in total. The molecule has 2 rings (SSSR count). The SMILES string of the molecule is CSc1ccccc1Oc1cccc(CC(C)N)c1. The van der Waals surface area contributed by atoms with Crippen molar-refractivity contribution in [2.24, 2.45) is 5.73 Å². The van der Waals surface area contributed by atoms with Gasteiger partial charge in [-0.1, -0.05) is 24.3 Å². The molecule has 1 unspecified atom stereocenters. The second-order valence-electron chi connectivity index (χ2n) is 4.58. The topological polar surface area (TPSA) is 35.2 Å². The van der Waals surface area contributed by atoms with Crippen LogP contribution in [0.1, 0.15) is 12.5 Å². The van der Waals surface area contributed by atoms with Crippen molar-refractivity contribution < 1.29 is 4.74 Å². The van der Waals surface area contributed by atoms with Crippen molar-refractivity contribution in [2.45, 2.75) is 24.3 Å². The van der Waals surface area contributed by atoms with Gasteiger partial charge < -0.3 is 10.5 Å². The second-order valence-corrected chi connectivity index (χ2v) is 5.43. The Balaban J connectivity index is 2.18. The molecular formula is C16H19NOS. The quantitative estimate of drug-likeness (QED) is 0.833. The van der Waals surface area contributed by atoms with Gasteiger partial charge in [0, 0.05) is 10.9 Å². The molecule has 0 aliphatic heterocycles. The lowest BCUT2D eigenvalue weighted by Crippen LogP contribution is -2.17. The number of ether oxygens (including phenoxy) is 1. The molecule has 2 aromatic rings. The van der Waals surface area contributed by atoms with Gasteiger partial charge in [0.1, 0.15) is 11.5 Å². The number of rotatable bonds is 5. The first-order chi connectivity index (χ1) is 9.19. The molecular weight excluding hydrogens is 254 g/mol. The van der Waals surface area contributed by atoms with Crippen LogP contribution in [0, 0.1) is 0 Å². The van der Waals surface area contributed by atoms with Crippen molar-refractivity contribution in [1.29, 1.82) is 0 Å². The van der Waals surface area contributed by atoms with Gasteiger partial charge in [0.15, 0.2) is 0 Å². The van der Waals surface area contributed by atoms with Gasteiger partial charge in [0.05, 0.1) is 0 Å². The molecule has 0 heterocycles. The highest BCUT2D eigenvalue weighted by molar-refractivity contribution is 7.98. The number of nitrogens with two attached hydrogens (primary N) is 1. The van der Waals surface area contributed by atoms with Gasteiger partial charge >= 0.3 is 0 Å². The van der Waals surface area contributed by atoms with Crippen LogP contribution in [-0.2, 0) is 6.42 Å². The zero-order valence-corrected chi connectivity index (χ0v) is 12.1. The highest BCUT2D eigenvalue weighted by atomic mass is 32.2. The van der Waals surface area contributed by atoms with Crippen LogP contribution < -0.4 is 10.5 Å². The molecule has 0 spiro atoms. The third kappa shape index (κ3) is 4.01. The van der Waals surface area contributed by atoms with Crippen molar-refractivity contribution in [3.63, 3.8) is 0 Å². The van der Waals surface area contributed by atoms with E-state index in [2.05, 4.69) is 24.5 Å². The molecule has 0 amide bonds. The highest BCUT2D eigenvalue weighted by Gasteiger charge is 2.04. The Bertz CT molecular complexity index is 540. The molecule has 2 N–H and O–H groups in total. The fourth-order valence-electron chi connectivity index (χ4n) is 1.94. The number of thioether (sulfide) groups is 1. The summed E-state index contributed by atoms with van der Waals surface area (Å²) in [6.45, 7) is 2.01. The fourth-order valence-corrected chi connectivity index (χ4v) is 2.46. The Morgan fingerprint density at radius 1 is 1.16 bits per heavy atom. The van der Waals surface area contributed by atoms with Gasteiger partial charge in [-0.2, -0.15) is 0 Å². The Labute approximate surface area is 119 Å². The maximum atomic E-state index is 5.96. The van der Waals surface area contributed by atoms with E-state index in [1.165, 1.54) is 5.56 Å². The average Bonchev–Trinajstić information content (AvgIpc) is 2.39.